The molecule has 1 saturated heterocycles. The molecule has 1 amide bonds. The van der Waals surface area contributed by atoms with Gasteiger partial charge in [0.05, 0.1) is 22.6 Å². The smallest absolute Gasteiger partial charge is 0.255 e. The molecular formula is C31H29N5O. The summed E-state index contributed by atoms with van der Waals surface area (Å²) in [5.41, 5.74) is 11.9. The van der Waals surface area contributed by atoms with Crippen molar-refractivity contribution in [1.29, 1.82) is 5.26 Å². The van der Waals surface area contributed by atoms with Gasteiger partial charge in [-0.25, -0.2) is 0 Å². The number of hydrogen-bond donors (Lipinski definition) is 2. The van der Waals surface area contributed by atoms with E-state index in [0.717, 1.165) is 37.2 Å². The van der Waals surface area contributed by atoms with Gasteiger partial charge in [-0.3, -0.25) is 14.7 Å². The molecule has 37 heavy (non-hydrogen) atoms. The van der Waals surface area contributed by atoms with Crippen LogP contribution in [0.25, 0.3) is 11.3 Å². The Bertz CT molecular complexity index is 1430. The molecule has 0 bridgehead atoms. The number of carbonyl (C=O) groups is 1. The van der Waals surface area contributed by atoms with Gasteiger partial charge in [0.15, 0.2) is 0 Å². The lowest BCUT2D eigenvalue weighted by Crippen LogP contribution is -2.33. The molecule has 1 fully saturated rings. The minimum absolute atomic E-state index is 0.247. The first kappa shape index (κ1) is 24.2. The van der Waals surface area contributed by atoms with Crippen molar-refractivity contribution in [2.75, 3.05) is 24.1 Å². The molecule has 1 atom stereocenters. The summed E-state index contributed by atoms with van der Waals surface area (Å²) in [6.45, 7) is 2.82. The van der Waals surface area contributed by atoms with Gasteiger partial charge >= 0.3 is 0 Å². The fourth-order valence-electron chi connectivity index (χ4n) is 4.95. The highest BCUT2D eigenvalue weighted by Crippen LogP contribution is 2.29. The van der Waals surface area contributed by atoms with Crippen LogP contribution in [-0.2, 0) is 6.54 Å². The lowest BCUT2D eigenvalue weighted by molar-refractivity contribution is 0.102. The Morgan fingerprint density at radius 3 is 2.57 bits per heavy atom. The summed E-state index contributed by atoms with van der Waals surface area (Å²) in [5.74, 6) is 0.287. The van der Waals surface area contributed by atoms with Crippen molar-refractivity contribution in [3.8, 4) is 17.3 Å². The Balaban J connectivity index is 1.28. The highest BCUT2D eigenvalue weighted by Gasteiger charge is 2.22. The second-order valence-corrected chi connectivity index (χ2v) is 9.46. The van der Waals surface area contributed by atoms with Gasteiger partial charge in [0.1, 0.15) is 6.07 Å². The molecule has 1 aliphatic heterocycles. The number of nitrogens with zero attached hydrogens (tertiary/aromatic N) is 3. The number of anilines is 2. The molecule has 0 radical (unpaired) electrons. The maximum atomic E-state index is 12.6. The van der Waals surface area contributed by atoms with E-state index in [4.69, 9.17) is 5.73 Å². The quantitative estimate of drug-likeness (QED) is 0.334. The number of likely N-dealkylation sites (tertiary alicyclic amines) is 1. The van der Waals surface area contributed by atoms with Crippen molar-refractivity contribution in [2.45, 2.75) is 25.3 Å². The molecule has 184 valence electrons. The van der Waals surface area contributed by atoms with Gasteiger partial charge in [-0.05, 0) is 66.8 Å². The number of amides is 1. The zero-order valence-electron chi connectivity index (χ0n) is 20.6. The lowest BCUT2D eigenvalue weighted by Gasteiger charge is -2.33. The van der Waals surface area contributed by atoms with Gasteiger partial charge in [0, 0.05) is 30.4 Å². The Hall–Kier alpha value is -4.47. The van der Waals surface area contributed by atoms with E-state index in [1.165, 1.54) is 12.0 Å². The Morgan fingerprint density at radius 1 is 1.05 bits per heavy atom. The third kappa shape index (κ3) is 5.69. The minimum atomic E-state index is -0.247. The third-order valence-electron chi connectivity index (χ3n) is 6.88. The highest BCUT2D eigenvalue weighted by molar-refractivity contribution is 6.05. The van der Waals surface area contributed by atoms with E-state index in [-0.39, 0.29) is 5.91 Å². The van der Waals surface area contributed by atoms with Crippen molar-refractivity contribution < 1.29 is 4.79 Å². The van der Waals surface area contributed by atoms with Crippen molar-refractivity contribution in [2.24, 2.45) is 0 Å². The van der Waals surface area contributed by atoms with Gasteiger partial charge in [-0.1, -0.05) is 54.6 Å². The number of nitrogens with two attached hydrogens (primary N) is 1. The Labute approximate surface area is 217 Å². The number of aromatic nitrogens is 1. The summed E-state index contributed by atoms with van der Waals surface area (Å²) in [6.07, 6.45) is 4.22. The molecular weight excluding hydrogens is 458 g/mol. The van der Waals surface area contributed by atoms with Gasteiger partial charge in [-0.15, -0.1) is 0 Å². The molecule has 1 aromatic heterocycles. The van der Waals surface area contributed by atoms with Crippen LogP contribution in [-0.4, -0.2) is 28.9 Å². The van der Waals surface area contributed by atoms with E-state index < -0.39 is 0 Å². The van der Waals surface area contributed by atoms with Crippen molar-refractivity contribution >= 4 is 17.3 Å². The van der Waals surface area contributed by atoms with E-state index in [0.29, 0.717) is 34.1 Å². The van der Waals surface area contributed by atoms with E-state index >= 15 is 0 Å². The molecule has 0 aliphatic carbocycles. The molecule has 1 unspecified atom stereocenters. The van der Waals surface area contributed by atoms with Gasteiger partial charge in [0.2, 0.25) is 0 Å². The summed E-state index contributed by atoms with van der Waals surface area (Å²) in [4.78, 5) is 19.7. The molecule has 6 heteroatoms. The van der Waals surface area contributed by atoms with E-state index in [1.807, 2.05) is 36.5 Å². The zero-order chi connectivity index (χ0) is 25.6. The largest absolute Gasteiger partial charge is 0.397 e. The first-order valence-corrected chi connectivity index (χ1v) is 12.5. The Kier molecular flexibility index (Phi) is 7.25. The number of rotatable bonds is 6. The van der Waals surface area contributed by atoms with Crippen molar-refractivity contribution in [1.82, 2.24) is 9.88 Å². The average Bonchev–Trinajstić information content (AvgIpc) is 2.95. The number of nitrogen functional groups attached to an aromatic ring is 1. The van der Waals surface area contributed by atoms with Crippen molar-refractivity contribution in [3.63, 3.8) is 0 Å². The van der Waals surface area contributed by atoms with Crippen molar-refractivity contribution in [3.05, 3.63) is 113 Å². The number of carbonyl (C=O) groups excluding carboxylic acids is 1. The van der Waals surface area contributed by atoms with Crippen LogP contribution in [0.5, 0.6) is 0 Å². The summed E-state index contributed by atoms with van der Waals surface area (Å²) in [6, 6.07) is 29.2. The van der Waals surface area contributed by atoms with Crippen LogP contribution < -0.4 is 11.1 Å². The number of nitriles is 1. The number of piperidine rings is 1. The monoisotopic (exact) mass is 487 g/mol. The number of nitrogens with one attached hydrogen (secondary N) is 1. The van der Waals surface area contributed by atoms with Crippen LogP contribution in [0.4, 0.5) is 11.4 Å². The maximum Gasteiger partial charge on any atom is 0.255 e. The van der Waals surface area contributed by atoms with Gasteiger partial charge in [0.25, 0.3) is 5.91 Å². The summed E-state index contributed by atoms with van der Waals surface area (Å²) in [5, 5.41) is 12.7. The molecule has 6 nitrogen and oxygen atoms in total. The number of benzene rings is 3. The Morgan fingerprint density at radius 2 is 1.81 bits per heavy atom. The minimum Gasteiger partial charge on any atom is -0.397 e. The lowest BCUT2D eigenvalue weighted by atomic mass is 9.90. The van der Waals surface area contributed by atoms with Crippen LogP contribution in [0.1, 0.15) is 45.8 Å². The topological polar surface area (TPSA) is 95.0 Å². The summed E-state index contributed by atoms with van der Waals surface area (Å²) < 4.78 is 0. The number of para-hydroxylation sites is 2. The van der Waals surface area contributed by atoms with E-state index in [2.05, 4.69) is 51.6 Å². The number of hydrogen-bond acceptors (Lipinski definition) is 5. The highest BCUT2D eigenvalue weighted by atomic mass is 16.1. The standard InChI is InChI=1S/C31H29N5O/c32-18-27-17-22(20-36-16-6-9-26(21-36)23-7-2-1-3-8-23)19-34-30(27)24-12-14-25(15-13-24)31(37)35-29-11-5-4-10-28(29)33/h1-5,7-8,10-15,17,19,26H,6,9,16,20-21,33H2,(H,35,37). The molecule has 3 N–H and O–H groups in total. The molecule has 0 saturated carbocycles. The van der Waals surface area contributed by atoms with E-state index in [9.17, 15) is 10.1 Å². The SMILES string of the molecule is N#Cc1cc(CN2CCCC(c3ccccc3)C2)cnc1-c1ccc(C(=O)Nc2ccccc2N)cc1. The summed E-state index contributed by atoms with van der Waals surface area (Å²) >= 11 is 0. The first-order chi connectivity index (χ1) is 18.1. The van der Waals surface area contributed by atoms with Crippen LogP contribution in [0.15, 0.2) is 91.1 Å². The fourth-order valence-corrected chi connectivity index (χ4v) is 4.95. The second kappa shape index (κ2) is 11.1. The zero-order valence-corrected chi connectivity index (χ0v) is 20.6. The normalized spacial score (nSPS) is 15.6. The van der Waals surface area contributed by atoms with Crippen LogP contribution in [0.3, 0.4) is 0 Å². The molecule has 0 spiro atoms. The molecule has 3 aromatic carbocycles. The third-order valence-corrected chi connectivity index (χ3v) is 6.88. The van der Waals surface area contributed by atoms with Gasteiger partial charge in [-0.2, -0.15) is 5.26 Å². The average molecular weight is 488 g/mol. The maximum absolute atomic E-state index is 12.6. The fraction of sp³-hybridized carbons (Fsp3) is 0.194. The first-order valence-electron chi connectivity index (χ1n) is 12.5. The van der Waals surface area contributed by atoms with E-state index in [1.54, 1.807) is 24.3 Å². The van der Waals surface area contributed by atoms with Crippen LogP contribution in [0, 0.1) is 11.3 Å². The summed E-state index contributed by atoms with van der Waals surface area (Å²) in [7, 11) is 0. The second-order valence-electron chi connectivity index (χ2n) is 9.46. The molecule has 4 aromatic rings. The van der Waals surface area contributed by atoms with Gasteiger partial charge < -0.3 is 11.1 Å². The predicted octanol–water partition coefficient (Wildman–Crippen LogP) is 5.83. The molecule has 2 heterocycles. The van der Waals surface area contributed by atoms with Crippen LogP contribution in [0.2, 0.25) is 0 Å². The molecule has 1 aliphatic rings. The molecule has 5 rings (SSSR count). The van der Waals surface area contributed by atoms with Crippen LogP contribution >= 0.6 is 0 Å². The number of pyridine rings is 1. The predicted molar refractivity (Wildman–Crippen MR) is 147 cm³/mol.